The number of amides is 1. The molecule has 0 aliphatic heterocycles. The van der Waals surface area contributed by atoms with Crippen LogP contribution in [0.15, 0.2) is 24.3 Å². The van der Waals surface area contributed by atoms with Crippen molar-refractivity contribution < 1.29 is 9.53 Å². The molecule has 3 rings (SSSR count). The van der Waals surface area contributed by atoms with Crippen molar-refractivity contribution >= 4 is 27.9 Å². The zero-order valence-corrected chi connectivity index (χ0v) is 16.1. The monoisotopic (exact) mass is 358 g/mol. The zero-order valence-electron chi connectivity index (χ0n) is 15.3. The van der Waals surface area contributed by atoms with Gasteiger partial charge in [-0.25, -0.2) is 0 Å². The fourth-order valence-corrected chi connectivity index (χ4v) is 4.66. The lowest BCUT2D eigenvalue weighted by molar-refractivity contribution is 0.102. The second kappa shape index (κ2) is 6.71. The van der Waals surface area contributed by atoms with E-state index in [1.807, 2.05) is 24.3 Å². The Balaban J connectivity index is 1.81. The minimum Gasteiger partial charge on any atom is -0.497 e. The third kappa shape index (κ3) is 3.66. The molecule has 1 atom stereocenters. The quantitative estimate of drug-likeness (QED) is 0.833. The minimum absolute atomic E-state index is 0.116. The summed E-state index contributed by atoms with van der Waals surface area (Å²) in [6.45, 7) is 6.87. The van der Waals surface area contributed by atoms with E-state index in [1.54, 1.807) is 18.4 Å². The molecule has 25 heavy (non-hydrogen) atoms. The number of hydrogen-bond acceptors (Lipinski definition) is 4. The van der Waals surface area contributed by atoms with Crippen LogP contribution in [0.5, 0.6) is 5.75 Å². The van der Waals surface area contributed by atoms with Crippen LogP contribution in [0.3, 0.4) is 0 Å². The Kier molecular flexibility index (Phi) is 4.78. The van der Waals surface area contributed by atoms with Gasteiger partial charge < -0.3 is 15.8 Å². The molecule has 0 saturated carbocycles. The smallest absolute Gasteiger partial charge is 0.258 e. The predicted molar refractivity (Wildman–Crippen MR) is 105 cm³/mol. The minimum atomic E-state index is -0.116. The van der Waals surface area contributed by atoms with Crippen LogP contribution in [-0.4, -0.2) is 13.0 Å². The van der Waals surface area contributed by atoms with E-state index < -0.39 is 0 Å². The fraction of sp³-hybridized carbons (Fsp3) is 0.450. The number of fused-ring (bicyclic) bond motifs is 1. The number of carbonyl (C=O) groups is 1. The van der Waals surface area contributed by atoms with Crippen molar-refractivity contribution in [1.29, 1.82) is 0 Å². The first-order valence-corrected chi connectivity index (χ1v) is 9.46. The van der Waals surface area contributed by atoms with Crippen molar-refractivity contribution in [3.63, 3.8) is 0 Å². The first-order valence-electron chi connectivity index (χ1n) is 8.65. The number of benzene rings is 1. The van der Waals surface area contributed by atoms with E-state index in [0.717, 1.165) is 36.3 Å². The van der Waals surface area contributed by atoms with E-state index >= 15 is 0 Å². The third-order valence-electron chi connectivity index (χ3n) is 5.09. The number of carbonyl (C=O) groups excluding carboxylic acids is 1. The van der Waals surface area contributed by atoms with Gasteiger partial charge in [-0.1, -0.05) is 20.8 Å². The van der Waals surface area contributed by atoms with Crippen molar-refractivity contribution in [3.8, 4) is 5.75 Å². The largest absolute Gasteiger partial charge is 0.497 e. The number of nitrogens with two attached hydrogens (primary N) is 1. The number of nitrogens with one attached hydrogen (secondary N) is 1. The molecule has 0 saturated heterocycles. The maximum Gasteiger partial charge on any atom is 0.258 e. The molecule has 3 N–H and O–H groups in total. The topological polar surface area (TPSA) is 64.3 Å². The van der Waals surface area contributed by atoms with Gasteiger partial charge in [-0.3, -0.25) is 4.79 Å². The number of thiophene rings is 1. The summed E-state index contributed by atoms with van der Waals surface area (Å²) in [5.41, 5.74) is 9.05. The van der Waals surface area contributed by atoms with Crippen LogP contribution in [0.2, 0.25) is 0 Å². The molecule has 0 radical (unpaired) electrons. The van der Waals surface area contributed by atoms with E-state index in [9.17, 15) is 4.79 Å². The summed E-state index contributed by atoms with van der Waals surface area (Å²) in [6.07, 6.45) is 3.05. The highest BCUT2D eigenvalue weighted by Gasteiger charge is 2.33. The number of nitrogen functional groups attached to an aromatic ring is 1. The van der Waals surface area contributed by atoms with E-state index in [4.69, 9.17) is 10.5 Å². The number of methoxy groups -OCH3 is 1. The number of rotatable bonds is 3. The van der Waals surface area contributed by atoms with Gasteiger partial charge in [0.05, 0.1) is 17.7 Å². The molecular weight excluding hydrogens is 332 g/mol. The second-order valence-electron chi connectivity index (χ2n) is 7.73. The summed E-state index contributed by atoms with van der Waals surface area (Å²) < 4.78 is 5.15. The lowest BCUT2D eigenvalue weighted by Crippen LogP contribution is -2.27. The van der Waals surface area contributed by atoms with Crippen molar-refractivity contribution in [2.24, 2.45) is 11.3 Å². The maximum atomic E-state index is 12.8. The van der Waals surface area contributed by atoms with Gasteiger partial charge in [0.1, 0.15) is 5.75 Å². The molecule has 134 valence electrons. The van der Waals surface area contributed by atoms with Crippen molar-refractivity contribution in [2.75, 3.05) is 18.2 Å². The molecule has 1 aromatic carbocycles. The average Bonchev–Trinajstić information content (AvgIpc) is 2.89. The molecule has 1 unspecified atom stereocenters. The first kappa shape index (κ1) is 17.8. The molecule has 1 amide bonds. The number of anilines is 2. The van der Waals surface area contributed by atoms with Gasteiger partial charge in [-0.05, 0) is 60.4 Å². The molecule has 0 bridgehead atoms. The Hall–Kier alpha value is -2.01. The predicted octanol–water partition coefficient (Wildman–Crippen LogP) is 4.74. The van der Waals surface area contributed by atoms with Crippen LogP contribution >= 0.6 is 11.3 Å². The van der Waals surface area contributed by atoms with Crippen LogP contribution in [0.4, 0.5) is 10.7 Å². The van der Waals surface area contributed by atoms with Crippen LogP contribution in [-0.2, 0) is 12.8 Å². The Bertz CT molecular complexity index is 772. The standard InChI is InChI=1S/C20H26N2O2S/c1-20(2,3)12-5-10-15-16(11-12)25-18(21)17(15)19(23)22-13-6-8-14(24-4)9-7-13/h6-9,12H,5,10-11,21H2,1-4H3,(H,22,23). The summed E-state index contributed by atoms with van der Waals surface area (Å²) in [7, 11) is 1.62. The van der Waals surface area contributed by atoms with Crippen molar-refractivity contribution in [1.82, 2.24) is 0 Å². The van der Waals surface area contributed by atoms with Crippen LogP contribution in [0.25, 0.3) is 0 Å². The van der Waals surface area contributed by atoms with Gasteiger partial charge in [0.15, 0.2) is 0 Å². The van der Waals surface area contributed by atoms with Crippen LogP contribution in [0.1, 0.15) is 48.0 Å². The van der Waals surface area contributed by atoms with Crippen molar-refractivity contribution in [3.05, 3.63) is 40.3 Å². The summed E-state index contributed by atoms with van der Waals surface area (Å²) in [6, 6.07) is 7.33. The molecule has 2 aromatic rings. The molecule has 0 spiro atoms. The molecule has 4 nitrogen and oxygen atoms in total. The Labute approximate surface area is 153 Å². The van der Waals surface area contributed by atoms with Crippen molar-refractivity contribution in [2.45, 2.75) is 40.0 Å². The van der Waals surface area contributed by atoms with E-state index in [1.165, 1.54) is 4.88 Å². The normalized spacial score (nSPS) is 17.0. The summed E-state index contributed by atoms with van der Waals surface area (Å²) in [5, 5.41) is 3.59. The Morgan fingerprint density at radius 1 is 1.28 bits per heavy atom. The molecule has 1 aliphatic carbocycles. The highest BCUT2D eigenvalue weighted by molar-refractivity contribution is 7.16. The fourth-order valence-electron chi connectivity index (χ4n) is 3.46. The lowest BCUT2D eigenvalue weighted by Gasteiger charge is -2.33. The SMILES string of the molecule is COc1ccc(NC(=O)c2c(N)sc3c2CCC(C(C)(C)C)C3)cc1. The summed E-state index contributed by atoms with van der Waals surface area (Å²) >= 11 is 1.58. The van der Waals surface area contributed by atoms with Gasteiger partial charge in [-0.15, -0.1) is 11.3 Å². The third-order valence-corrected chi connectivity index (χ3v) is 6.18. The molecular formula is C20H26N2O2S. The lowest BCUT2D eigenvalue weighted by atomic mass is 9.72. The Morgan fingerprint density at radius 3 is 2.56 bits per heavy atom. The molecule has 1 aromatic heterocycles. The van der Waals surface area contributed by atoms with E-state index in [-0.39, 0.29) is 11.3 Å². The van der Waals surface area contributed by atoms with Gasteiger partial charge in [0.25, 0.3) is 5.91 Å². The van der Waals surface area contributed by atoms with E-state index in [0.29, 0.717) is 16.5 Å². The van der Waals surface area contributed by atoms with Gasteiger partial charge in [0.2, 0.25) is 0 Å². The number of ether oxygens (including phenoxy) is 1. The van der Waals surface area contributed by atoms with E-state index in [2.05, 4.69) is 26.1 Å². The first-order chi connectivity index (χ1) is 11.8. The highest BCUT2D eigenvalue weighted by Crippen LogP contribution is 2.43. The maximum absolute atomic E-state index is 12.8. The summed E-state index contributed by atoms with van der Waals surface area (Å²) in [4.78, 5) is 14.1. The van der Waals surface area contributed by atoms with Gasteiger partial charge in [-0.2, -0.15) is 0 Å². The zero-order chi connectivity index (χ0) is 18.2. The average molecular weight is 359 g/mol. The molecule has 1 heterocycles. The highest BCUT2D eigenvalue weighted by atomic mass is 32.1. The van der Waals surface area contributed by atoms with Crippen LogP contribution in [0, 0.1) is 11.3 Å². The van der Waals surface area contributed by atoms with Gasteiger partial charge >= 0.3 is 0 Å². The van der Waals surface area contributed by atoms with Gasteiger partial charge in [0, 0.05) is 10.6 Å². The molecule has 0 fully saturated rings. The summed E-state index contributed by atoms with van der Waals surface area (Å²) in [5.74, 6) is 1.28. The second-order valence-corrected chi connectivity index (χ2v) is 8.87. The van der Waals surface area contributed by atoms with Crippen LogP contribution < -0.4 is 15.8 Å². The molecule has 1 aliphatic rings. The Morgan fingerprint density at radius 2 is 1.96 bits per heavy atom. The number of hydrogen-bond donors (Lipinski definition) is 2. The molecule has 5 heteroatoms.